The lowest BCUT2D eigenvalue weighted by molar-refractivity contribution is 0.388. The number of aromatic amines is 1. The molecule has 1 aromatic carbocycles. The zero-order valence-corrected chi connectivity index (χ0v) is 11.0. The maximum atomic E-state index is 3.65. The molecule has 0 fully saturated rings. The Balaban J connectivity index is 2.10. The normalized spacial score (nSPS) is 13.4. The molecular formula is C15H22N2. The standard InChI is InChI=1S/C15H22N2/c1-4-14(11(2)3)17-10-12-6-5-7-15-13(12)8-9-16-15/h5-9,11,14,16-17H,4,10H2,1-3H3. The van der Waals surface area contributed by atoms with Crippen LogP contribution in [0.25, 0.3) is 10.9 Å². The second-order valence-electron chi connectivity index (χ2n) is 5.00. The molecular weight excluding hydrogens is 208 g/mol. The van der Waals surface area contributed by atoms with Crippen LogP contribution in [0, 0.1) is 5.92 Å². The van der Waals surface area contributed by atoms with Crippen LogP contribution in [0.4, 0.5) is 0 Å². The summed E-state index contributed by atoms with van der Waals surface area (Å²) in [6, 6.07) is 9.20. The number of nitrogens with one attached hydrogen (secondary N) is 2. The fraction of sp³-hybridized carbons (Fsp3) is 0.467. The predicted molar refractivity (Wildman–Crippen MR) is 74.1 cm³/mol. The zero-order valence-electron chi connectivity index (χ0n) is 11.0. The molecule has 0 aliphatic carbocycles. The second-order valence-corrected chi connectivity index (χ2v) is 5.00. The fourth-order valence-corrected chi connectivity index (χ4v) is 2.40. The van der Waals surface area contributed by atoms with Gasteiger partial charge in [0.05, 0.1) is 0 Å². The highest BCUT2D eigenvalue weighted by atomic mass is 14.9. The van der Waals surface area contributed by atoms with Gasteiger partial charge in [0.1, 0.15) is 0 Å². The van der Waals surface area contributed by atoms with Crippen molar-refractivity contribution in [1.82, 2.24) is 10.3 Å². The van der Waals surface area contributed by atoms with Crippen LogP contribution in [0.2, 0.25) is 0 Å². The molecule has 0 saturated heterocycles. The minimum absolute atomic E-state index is 0.601. The Labute approximate surface area is 103 Å². The molecule has 2 aromatic rings. The van der Waals surface area contributed by atoms with Gasteiger partial charge >= 0.3 is 0 Å². The van der Waals surface area contributed by atoms with E-state index in [9.17, 15) is 0 Å². The number of hydrogen-bond acceptors (Lipinski definition) is 1. The Morgan fingerprint density at radius 2 is 2.06 bits per heavy atom. The predicted octanol–water partition coefficient (Wildman–Crippen LogP) is 3.69. The summed E-state index contributed by atoms with van der Waals surface area (Å²) in [5.74, 6) is 0.686. The van der Waals surface area contributed by atoms with Crippen molar-refractivity contribution in [3.63, 3.8) is 0 Å². The van der Waals surface area contributed by atoms with Crippen LogP contribution in [0.15, 0.2) is 30.5 Å². The maximum absolute atomic E-state index is 3.65. The summed E-state index contributed by atoms with van der Waals surface area (Å²) in [5, 5.41) is 4.99. The van der Waals surface area contributed by atoms with E-state index in [2.05, 4.69) is 55.3 Å². The Kier molecular flexibility index (Phi) is 3.85. The second kappa shape index (κ2) is 5.37. The van der Waals surface area contributed by atoms with Crippen molar-refractivity contribution in [2.75, 3.05) is 0 Å². The molecule has 2 heteroatoms. The van der Waals surface area contributed by atoms with Crippen LogP contribution in [0.3, 0.4) is 0 Å². The van der Waals surface area contributed by atoms with E-state index in [1.807, 2.05) is 6.20 Å². The molecule has 92 valence electrons. The van der Waals surface area contributed by atoms with Crippen LogP contribution in [-0.4, -0.2) is 11.0 Å². The monoisotopic (exact) mass is 230 g/mol. The first-order chi connectivity index (χ1) is 8.22. The summed E-state index contributed by atoms with van der Waals surface area (Å²) >= 11 is 0. The van der Waals surface area contributed by atoms with Crippen molar-refractivity contribution < 1.29 is 0 Å². The number of H-pyrrole nitrogens is 1. The SMILES string of the molecule is CCC(NCc1cccc2[nH]ccc12)C(C)C. The van der Waals surface area contributed by atoms with Crippen molar-refractivity contribution in [2.45, 2.75) is 39.8 Å². The van der Waals surface area contributed by atoms with Gasteiger partial charge in [0.15, 0.2) is 0 Å². The van der Waals surface area contributed by atoms with Gasteiger partial charge in [-0.15, -0.1) is 0 Å². The molecule has 0 saturated carbocycles. The lowest BCUT2D eigenvalue weighted by Gasteiger charge is -2.21. The lowest BCUT2D eigenvalue weighted by atomic mass is 10.0. The van der Waals surface area contributed by atoms with Gasteiger partial charge in [0.25, 0.3) is 0 Å². The molecule has 0 aliphatic heterocycles. The number of rotatable bonds is 5. The molecule has 17 heavy (non-hydrogen) atoms. The van der Waals surface area contributed by atoms with Crippen molar-refractivity contribution in [1.29, 1.82) is 0 Å². The molecule has 2 nitrogen and oxygen atoms in total. The van der Waals surface area contributed by atoms with Gasteiger partial charge in [-0.25, -0.2) is 0 Å². The molecule has 0 aliphatic rings. The van der Waals surface area contributed by atoms with E-state index in [4.69, 9.17) is 0 Å². The van der Waals surface area contributed by atoms with Gasteiger partial charge in [-0.1, -0.05) is 32.9 Å². The van der Waals surface area contributed by atoms with Crippen molar-refractivity contribution in [3.8, 4) is 0 Å². The van der Waals surface area contributed by atoms with E-state index in [1.165, 1.54) is 22.9 Å². The van der Waals surface area contributed by atoms with Crippen molar-refractivity contribution >= 4 is 10.9 Å². The quantitative estimate of drug-likeness (QED) is 0.805. The lowest BCUT2D eigenvalue weighted by Crippen LogP contribution is -2.32. The molecule has 2 rings (SSSR count). The van der Waals surface area contributed by atoms with E-state index in [0.29, 0.717) is 12.0 Å². The van der Waals surface area contributed by atoms with Crippen LogP contribution in [0.1, 0.15) is 32.8 Å². The topological polar surface area (TPSA) is 27.8 Å². The van der Waals surface area contributed by atoms with E-state index < -0.39 is 0 Å². The van der Waals surface area contributed by atoms with Gasteiger partial charge < -0.3 is 10.3 Å². The van der Waals surface area contributed by atoms with Crippen LogP contribution in [0.5, 0.6) is 0 Å². The minimum atomic E-state index is 0.601. The average molecular weight is 230 g/mol. The molecule has 1 atom stereocenters. The highest BCUT2D eigenvalue weighted by Gasteiger charge is 2.10. The highest BCUT2D eigenvalue weighted by Crippen LogP contribution is 2.17. The molecule has 0 spiro atoms. The van der Waals surface area contributed by atoms with Gasteiger partial charge in [-0.05, 0) is 30.0 Å². The van der Waals surface area contributed by atoms with Crippen LogP contribution < -0.4 is 5.32 Å². The number of benzene rings is 1. The maximum Gasteiger partial charge on any atom is 0.0457 e. The highest BCUT2D eigenvalue weighted by molar-refractivity contribution is 5.82. The summed E-state index contributed by atoms with van der Waals surface area (Å²) in [7, 11) is 0. The smallest absolute Gasteiger partial charge is 0.0457 e. The first-order valence-corrected chi connectivity index (χ1v) is 6.50. The Hall–Kier alpha value is -1.28. The summed E-state index contributed by atoms with van der Waals surface area (Å²) in [6.07, 6.45) is 3.19. The molecule has 1 heterocycles. The fourth-order valence-electron chi connectivity index (χ4n) is 2.40. The molecule has 0 amide bonds. The third kappa shape index (κ3) is 2.70. The van der Waals surface area contributed by atoms with Gasteiger partial charge in [0, 0.05) is 29.7 Å². The molecule has 1 unspecified atom stereocenters. The molecule has 1 aromatic heterocycles. The summed E-state index contributed by atoms with van der Waals surface area (Å²) in [4.78, 5) is 3.26. The van der Waals surface area contributed by atoms with Gasteiger partial charge in [-0.3, -0.25) is 0 Å². The average Bonchev–Trinajstić information content (AvgIpc) is 2.78. The van der Waals surface area contributed by atoms with E-state index in [0.717, 1.165) is 6.54 Å². The van der Waals surface area contributed by atoms with Crippen LogP contribution >= 0.6 is 0 Å². The molecule has 0 radical (unpaired) electrons. The Morgan fingerprint density at radius 3 is 2.76 bits per heavy atom. The van der Waals surface area contributed by atoms with E-state index in [-0.39, 0.29) is 0 Å². The number of fused-ring (bicyclic) bond motifs is 1. The molecule has 2 N–H and O–H groups in total. The minimum Gasteiger partial charge on any atom is -0.361 e. The summed E-state index contributed by atoms with van der Waals surface area (Å²) in [6.45, 7) is 7.75. The Bertz CT molecular complexity index is 470. The van der Waals surface area contributed by atoms with E-state index >= 15 is 0 Å². The van der Waals surface area contributed by atoms with Gasteiger partial charge in [-0.2, -0.15) is 0 Å². The number of aromatic nitrogens is 1. The first kappa shape index (κ1) is 12.2. The third-order valence-corrected chi connectivity index (χ3v) is 3.48. The first-order valence-electron chi connectivity index (χ1n) is 6.50. The largest absolute Gasteiger partial charge is 0.361 e. The van der Waals surface area contributed by atoms with Crippen LogP contribution in [-0.2, 0) is 6.54 Å². The van der Waals surface area contributed by atoms with Crippen molar-refractivity contribution in [3.05, 3.63) is 36.0 Å². The molecule has 0 bridgehead atoms. The summed E-state index contributed by atoms with van der Waals surface area (Å²) < 4.78 is 0. The Morgan fingerprint density at radius 1 is 1.24 bits per heavy atom. The zero-order chi connectivity index (χ0) is 12.3. The third-order valence-electron chi connectivity index (χ3n) is 3.48. The van der Waals surface area contributed by atoms with E-state index in [1.54, 1.807) is 0 Å². The van der Waals surface area contributed by atoms with Crippen molar-refractivity contribution in [2.24, 2.45) is 5.92 Å². The van der Waals surface area contributed by atoms with Gasteiger partial charge in [0.2, 0.25) is 0 Å². The summed E-state index contributed by atoms with van der Waals surface area (Å²) in [5.41, 5.74) is 2.60. The number of hydrogen-bond donors (Lipinski definition) is 2.